The molecular weight excluding hydrogens is 769 g/mol. The molecular formula is C50H60N12. The van der Waals surface area contributed by atoms with Gasteiger partial charge in [0.05, 0.1) is 24.3 Å². The summed E-state index contributed by atoms with van der Waals surface area (Å²) < 4.78 is 6.46. The highest BCUT2D eigenvalue weighted by atomic mass is 15.4. The molecule has 0 radical (unpaired) electrons. The first-order valence-electron chi connectivity index (χ1n) is 23.1. The van der Waals surface area contributed by atoms with E-state index in [-0.39, 0.29) is 0 Å². The van der Waals surface area contributed by atoms with E-state index in [9.17, 15) is 0 Å². The maximum absolute atomic E-state index is 6.13. The summed E-state index contributed by atoms with van der Waals surface area (Å²) in [6.45, 7) is 11.0. The maximum atomic E-state index is 6.13. The van der Waals surface area contributed by atoms with Gasteiger partial charge in [0.25, 0.3) is 0 Å². The summed E-state index contributed by atoms with van der Waals surface area (Å²) in [6, 6.07) is 30.7. The fraction of sp³-hybridized carbons (Fsp3) is 0.420. The number of fused-ring (bicyclic) bond motifs is 10. The molecule has 5 N–H and O–H groups in total. The van der Waals surface area contributed by atoms with Crippen molar-refractivity contribution in [2.45, 2.75) is 56.7 Å². The molecule has 3 aromatic carbocycles. The molecule has 16 rings (SSSR count). The Hall–Kier alpha value is -5.69. The first-order chi connectivity index (χ1) is 30.5. The lowest BCUT2D eigenvalue weighted by molar-refractivity contribution is 0.0513. The highest BCUT2D eigenvalue weighted by Crippen LogP contribution is 2.40. The highest BCUT2D eigenvalue weighted by Gasteiger charge is 2.38. The fourth-order valence-corrected chi connectivity index (χ4v) is 11.5. The summed E-state index contributed by atoms with van der Waals surface area (Å²) in [6.07, 6.45) is 18.4. The number of nitrogens with two attached hydrogens (primary N) is 2. The van der Waals surface area contributed by atoms with Crippen molar-refractivity contribution >= 4 is 22.5 Å². The minimum atomic E-state index is 0.497. The van der Waals surface area contributed by atoms with E-state index in [1.54, 1.807) is 0 Å². The minimum absolute atomic E-state index is 0.497. The van der Waals surface area contributed by atoms with Crippen LogP contribution in [0.25, 0.3) is 44.3 Å². The minimum Gasteiger partial charge on any atom is -0.382 e. The number of benzene rings is 3. The number of nitrogen functional groups attached to an aromatic ring is 2. The zero-order valence-electron chi connectivity index (χ0n) is 35.7. The maximum Gasteiger partial charge on any atom is 0.153 e. The van der Waals surface area contributed by atoms with Crippen LogP contribution in [0.3, 0.4) is 0 Å². The van der Waals surface area contributed by atoms with Gasteiger partial charge >= 0.3 is 0 Å². The Morgan fingerprint density at radius 1 is 0.468 bits per heavy atom. The predicted octanol–water partition coefficient (Wildman–Crippen LogP) is 8.10. The number of nitrogens with zero attached hydrogens (tertiary/aromatic N) is 9. The molecule has 62 heavy (non-hydrogen) atoms. The van der Waals surface area contributed by atoms with Gasteiger partial charge in [0, 0.05) is 72.0 Å². The Bertz CT molecular complexity index is 2450. The molecule has 12 nitrogen and oxygen atoms in total. The Kier molecular flexibility index (Phi) is 10.7. The first-order valence-corrected chi connectivity index (χ1v) is 23.1. The Labute approximate surface area is 364 Å². The van der Waals surface area contributed by atoms with Crippen LogP contribution >= 0.6 is 0 Å². The molecule has 9 aliphatic heterocycles. The molecule has 6 bridgehead atoms. The molecule has 0 spiro atoms. The van der Waals surface area contributed by atoms with Crippen molar-refractivity contribution in [1.29, 1.82) is 0 Å². The normalized spacial score (nSPS) is 28.3. The summed E-state index contributed by atoms with van der Waals surface area (Å²) in [5, 5.41) is 15.2. The van der Waals surface area contributed by atoms with Crippen LogP contribution in [0.15, 0.2) is 116 Å². The molecule has 13 heterocycles. The standard InChI is InChI=1S/C18H20N4.2C16H20N4/c1-2-15(16-4-7-19-17(16)3-1)14-10-20-22(11-14)18-12-21-8-5-13(18)6-9-21;2*17-16-14(12-4-2-1-3-5-12)10-20(18-16)15-11-19-8-6-13(15)7-9-19/h1-4,7,10-11,13,18-19H,5-6,8-9,12H2;2*1-5,10,13,15H,6-9,11H2,(H2,17,18). The van der Waals surface area contributed by atoms with Gasteiger partial charge in [-0.25, -0.2) is 0 Å². The van der Waals surface area contributed by atoms with Crippen LogP contribution in [0.1, 0.15) is 56.7 Å². The van der Waals surface area contributed by atoms with Gasteiger partial charge in [-0.3, -0.25) is 14.0 Å². The van der Waals surface area contributed by atoms with Crippen molar-refractivity contribution in [3.05, 3.63) is 116 Å². The number of aromatic amines is 1. The van der Waals surface area contributed by atoms with E-state index in [1.165, 1.54) is 106 Å². The molecule has 9 fully saturated rings. The van der Waals surface area contributed by atoms with Gasteiger partial charge in [-0.05, 0) is 124 Å². The zero-order valence-corrected chi connectivity index (χ0v) is 35.7. The first kappa shape index (κ1) is 39.2. The van der Waals surface area contributed by atoms with Crippen LogP contribution in [0.4, 0.5) is 11.6 Å². The number of aromatic nitrogens is 7. The summed E-state index contributed by atoms with van der Waals surface area (Å²) in [5.41, 5.74) is 20.4. The number of rotatable bonds is 6. The quantitative estimate of drug-likeness (QED) is 0.153. The zero-order chi connectivity index (χ0) is 41.6. The largest absolute Gasteiger partial charge is 0.382 e. The van der Waals surface area contributed by atoms with Gasteiger partial charge in [0.2, 0.25) is 0 Å². The average molecular weight is 829 g/mol. The number of nitrogens with one attached hydrogen (secondary N) is 1. The molecule has 9 aliphatic rings. The van der Waals surface area contributed by atoms with E-state index >= 15 is 0 Å². The van der Waals surface area contributed by atoms with Crippen molar-refractivity contribution in [1.82, 2.24) is 49.0 Å². The van der Waals surface area contributed by atoms with Crippen LogP contribution in [-0.4, -0.2) is 108 Å². The van der Waals surface area contributed by atoms with E-state index in [1.807, 2.05) is 48.8 Å². The molecule has 3 unspecified atom stereocenters. The molecule has 3 atom stereocenters. The third-order valence-corrected chi connectivity index (χ3v) is 15.1. The number of anilines is 2. The monoisotopic (exact) mass is 829 g/mol. The molecule has 320 valence electrons. The van der Waals surface area contributed by atoms with Crippen molar-refractivity contribution in [2.75, 3.05) is 70.4 Å². The van der Waals surface area contributed by atoms with Gasteiger partial charge in [-0.15, -0.1) is 0 Å². The van der Waals surface area contributed by atoms with Gasteiger partial charge in [-0.1, -0.05) is 72.8 Å². The molecule has 4 aromatic heterocycles. The highest BCUT2D eigenvalue weighted by molar-refractivity contribution is 5.94. The summed E-state index contributed by atoms with van der Waals surface area (Å²) >= 11 is 0. The van der Waals surface area contributed by atoms with Crippen molar-refractivity contribution in [2.24, 2.45) is 17.8 Å². The lowest BCUT2D eigenvalue weighted by Gasteiger charge is -2.44. The van der Waals surface area contributed by atoms with Crippen LogP contribution in [0.5, 0.6) is 0 Å². The third-order valence-electron chi connectivity index (χ3n) is 15.1. The van der Waals surface area contributed by atoms with Crippen LogP contribution in [0, 0.1) is 17.8 Å². The molecule has 9 saturated heterocycles. The predicted molar refractivity (Wildman–Crippen MR) is 248 cm³/mol. The molecule has 12 heteroatoms. The van der Waals surface area contributed by atoms with Gasteiger partial charge < -0.3 is 31.2 Å². The fourth-order valence-electron chi connectivity index (χ4n) is 11.5. The number of piperidine rings is 9. The van der Waals surface area contributed by atoms with Gasteiger partial charge in [-0.2, -0.15) is 15.3 Å². The second-order valence-corrected chi connectivity index (χ2v) is 18.6. The summed E-state index contributed by atoms with van der Waals surface area (Å²) in [4.78, 5) is 11.0. The van der Waals surface area contributed by atoms with E-state index in [4.69, 9.17) is 16.6 Å². The topological polar surface area (TPSA) is 131 Å². The SMILES string of the molecule is Nc1nn(C2CN3CCC2CC3)cc1-c1ccccc1.Nc1nn(C2CN3CCC2CC3)cc1-c1ccccc1.c1cc(-c2cnn(C3CN4CCC3CC4)c2)c2cc[nH]c2c1. The Morgan fingerprint density at radius 2 is 0.935 bits per heavy atom. The van der Waals surface area contributed by atoms with Crippen LogP contribution in [0.2, 0.25) is 0 Å². The van der Waals surface area contributed by atoms with Crippen LogP contribution in [-0.2, 0) is 0 Å². The number of H-pyrrole nitrogens is 1. The van der Waals surface area contributed by atoms with Crippen molar-refractivity contribution < 1.29 is 0 Å². The van der Waals surface area contributed by atoms with Crippen LogP contribution < -0.4 is 11.5 Å². The Morgan fingerprint density at radius 3 is 1.39 bits per heavy atom. The van der Waals surface area contributed by atoms with Gasteiger partial charge in [0.1, 0.15) is 0 Å². The number of hydrogen-bond donors (Lipinski definition) is 3. The van der Waals surface area contributed by atoms with E-state index < -0.39 is 0 Å². The van der Waals surface area contributed by atoms with E-state index in [2.05, 4.69) is 111 Å². The molecule has 0 aliphatic carbocycles. The molecule has 7 aromatic rings. The summed E-state index contributed by atoms with van der Waals surface area (Å²) in [7, 11) is 0. The second-order valence-electron chi connectivity index (χ2n) is 18.6. The summed E-state index contributed by atoms with van der Waals surface area (Å²) in [5.74, 6) is 3.63. The molecule has 0 saturated carbocycles. The average Bonchev–Trinajstić information content (AvgIpc) is 4.18. The smallest absolute Gasteiger partial charge is 0.153 e. The van der Waals surface area contributed by atoms with E-state index in [0.29, 0.717) is 29.8 Å². The number of hydrogen-bond acceptors (Lipinski definition) is 8. The van der Waals surface area contributed by atoms with Crippen molar-refractivity contribution in [3.63, 3.8) is 0 Å². The lowest BCUT2D eigenvalue weighted by Crippen LogP contribution is -2.48. The van der Waals surface area contributed by atoms with E-state index in [0.717, 1.165) is 53.1 Å². The van der Waals surface area contributed by atoms with Gasteiger partial charge in [0.15, 0.2) is 11.6 Å². The lowest BCUT2D eigenvalue weighted by atomic mass is 9.84. The Balaban J connectivity index is 0.000000105. The third kappa shape index (κ3) is 7.73. The second kappa shape index (κ2) is 16.9. The van der Waals surface area contributed by atoms with Crippen molar-refractivity contribution in [3.8, 4) is 33.4 Å². The molecule has 0 amide bonds.